The molecule has 33 heavy (non-hydrogen) atoms. The number of para-hydroxylation sites is 1. The Morgan fingerprint density at radius 3 is 2.24 bits per heavy atom. The Morgan fingerprint density at radius 2 is 1.61 bits per heavy atom. The van der Waals surface area contributed by atoms with Crippen LogP contribution in [0, 0.1) is 6.92 Å². The highest BCUT2D eigenvalue weighted by molar-refractivity contribution is 7.92. The molecule has 0 radical (unpaired) electrons. The van der Waals surface area contributed by atoms with Gasteiger partial charge in [-0.1, -0.05) is 18.2 Å². The number of amides is 1. The van der Waals surface area contributed by atoms with E-state index in [1.165, 1.54) is 44.6 Å². The fraction of sp³-hybridized carbons (Fsp3) is 0.208. The van der Waals surface area contributed by atoms with E-state index in [-0.39, 0.29) is 16.5 Å². The van der Waals surface area contributed by atoms with Gasteiger partial charge < -0.3 is 19.5 Å². The van der Waals surface area contributed by atoms with Crippen LogP contribution in [0.25, 0.3) is 0 Å². The van der Waals surface area contributed by atoms with Gasteiger partial charge in [0.1, 0.15) is 17.2 Å². The van der Waals surface area contributed by atoms with E-state index in [9.17, 15) is 13.2 Å². The van der Waals surface area contributed by atoms with Gasteiger partial charge in [0.2, 0.25) is 0 Å². The van der Waals surface area contributed by atoms with Gasteiger partial charge in [0.05, 0.1) is 24.8 Å². The van der Waals surface area contributed by atoms with Crippen LogP contribution in [0.15, 0.2) is 71.6 Å². The maximum absolute atomic E-state index is 12.8. The minimum absolute atomic E-state index is 0.0228. The predicted molar refractivity (Wildman–Crippen MR) is 127 cm³/mol. The fourth-order valence-electron chi connectivity index (χ4n) is 2.99. The molecule has 3 aromatic rings. The van der Waals surface area contributed by atoms with Crippen LogP contribution >= 0.6 is 0 Å². The van der Waals surface area contributed by atoms with Crippen molar-refractivity contribution in [2.45, 2.75) is 24.8 Å². The first-order chi connectivity index (χ1) is 15.7. The summed E-state index contributed by atoms with van der Waals surface area (Å²) in [6.45, 7) is 3.54. The number of anilines is 2. The number of sulfonamides is 1. The van der Waals surface area contributed by atoms with E-state index in [0.29, 0.717) is 22.9 Å². The summed E-state index contributed by atoms with van der Waals surface area (Å²) < 4.78 is 44.3. The average molecular weight is 471 g/mol. The van der Waals surface area contributed by atoms with Crippen LogP contribution in [0.2, 0.25) is 0 Å². The number of hydrogen-bond donors (Lipinski definition) is 2. The summed E-state index contributed by atoms with van der Waals surface area (Å²) >= 11 is 0. The number of nitrogens with one attached hydrogen (secondary N) is 2. The van der Waals surface area contributed by atoms with E-state index in [2.05, 4.69) is 10.0 Å². The van der Waals surface area contributed by atoms with E-state index in [1.54, 1.807) is 25.1 Å². The van der Waals surface area contributed by atoms with Crippen molar-refractivity contribution in [2.24, 2.45) is 0 Å². The van der Waals surface area contributed by atoms with Gasteiger partial charge in [-0.3, -0.25) is 9.52 Å². The van der Waals surface area contributed by atoms with Gasteiger partial charge in [-0.2, -0.15) is 0 Å². The Hall–Kier alpha value is -3.72. The Kier molecular flexibility index (Phi) is 7.44. The lowest BCUT2D eigenvalue weighted by atomic mass is 10.2. The van der Waals surface area contributed by atoms with Crippen molar-refractivity contribution >= 4 is 27.3 Å². The molecule has 3 aromatic carbocycles. The van der Waals surface area contributed by atoms with Gasteiger partial charge in [0, 0.05) is 11.8 Å². The third-order valence-corrected chi connectivity index (χ3v) is 6.23. The van der Waals surface area contributed by atoms with E-state index in [4.69, 9.17) is 14.2 Å². The smallest absolute Gasteiger partial charge is 0.265 e. The van der Waals surface area contributed by atoms with Gasteiger partial charge in [-0.15, -0.1) is 0 Å². The van der Waals surface area contributed by atoms with Crippen molar-refractivity contribution in [3.8, 4) is 17.2 Å². The van der Waals surface area contributed by atoms with E-state index in [0.717, 1.165) is 5.56 Å². The molecule has 0 aromatic heterocycles. The number of aryl methyl sites for hydroxylation is 1. The number of carbonyl (C=O) groups excluding carboxylic acids is 1. The van der Waals surface area contributed by atoms with Crippen LogP contribution in [0.5, 0.6) is 17.2 Å². The molecule has 3 rings (SSSR count). The minimum Gasteiger partial charge on any atom is -0.497 e. The zero-order chi connectivity index (χ0) is 24.0. The monoisotopic (exact) mass is 470 g/mol. The molecule has 0 aliphatic heterocycles. The van der Waals surface area contributed by atoms with Crippen molar-refractivity contribution in [3.63, 3.8) is 0 Å². The van der Waals surface area contributed by atoms with Crippen LogP contribution in [0.4, 0.5) is 11.4 Å². The number of benzene rings is 3. The molecular weight excluding hydrogens is 444 g/mol. The normalized spacial score (nSPS) is 11.9. The Bertz CT molecular complexity index is 1230. The highest BCUT2D eigenvalue weighted by Gasteiger charge is 2.19. The Labute approximate surface area is 193 Å². The van der Waals surface area contributed by atoms with Gasteiger partial charge in [-0.25, -0.2) is 8.42 Å². The molecule has 0 heterocycles. The zero-order valence-corrected chi connectivity index (χ0v) is 19.6. The van der Waals surface area contributed by atoms with E-state index in [1.807, 2.05) is 25.1 Å². The molecule has 0 aliphatic rings. The second kappa shape index (κ2) is 10.3. The molecule has 2 N–H and O–H groups in total. The van der Waals surface area contributed by atoms with Crippen LogP contribution < -0.4 is 24.2 Å². The number of ether oxygens (including phenoxy) is 3. The SMILES string of the molecule is COc1ccc(OC)c(NS(=O)(=O)c2ccc(NC(=O)C(C)Oc3ccccc3C)cc2)c1. The van der Waals surface area contributed by atoms with Gasteiger partial charge in [0.25, 0.3) is 15.9 Å². The molecule has 0 aliphatic carbocycles. The first-order valence-electron chi connectivity index (χ1n) is 10.1. The van der Waals surface area contributed by atoms with Crippen molar-refractivity contribution in [1.29, 1.82) is 0 Å². The highest BCUT2D eigenvalue weighted by Crippen LogP contribution is 2.31. The fourth-order valence-corrected chi connectivity index (χ4v) is 4.05. The molecule has 0 spiro atoms. The molecule has 0 saturated carbocycles. The summed E-state index contributed by atoms with van der Waals surface area (Å²) in [6, 6.07) is 18.0. The van der Waals surface area contributed by atoms with Gasteiger partial charge >= 0.3 is 0 Å². The lowest BCUT2D eigenvalue weighted by molar-refractivity contribution is -0.122. The Balaban J connectivity index is 1.69. The van der Waals surface area contributed by atoms with Gasteiger partial charge in [0.15, 0.2) is 6.10 Å². The molecule has 1 atom stereocenters. The van der Waals surface area contributed by atoms with Gasteiger partial charge in [-0.05, 0) is 61.9 Å². The zero-order valence-electron chi connectivity index (χ0n) is 18.8. The summed E-state index contributed by atoms with van der Waals surface area (Å²) in [6.07, 6.45) is -0.739. The second-order valence-electron chi connectivity index (χ2n) is 7.21. The van der Waals surface area contributed by atoms with Crippen LogP contribution in [-0.4, -0.2) is 34.6 Å². The van der Waals surface area contributed by atoms with E-state index >= 15 is 0 Å². The molecule has 1 unspecified atom stereocenters. The minimum atomic E-state index is -3.90. The topological polar surface area (TPSA) is 103 Å². The van der Waals surface area contributed by atoms with Crippen molar-refractivity contribution < 1.29 is 27.4 Å². The highest BCUT2D eigenvalue weighted by atomic mass is 32.2. The molecule has 9 heteroatoms. The second-order valence-corrected chi connectivity index (χ2v) is 8.89. The molecule has 174 valence electrons. The third-order valence-electron chi connectivity index (χ3n) is 4.85. The number of methoxy groups -OCH3 is 2. The van der Waals surface area contributed by atoms with Crippen LogP contribution in [0.1, 0.15) is 12.5 Å². The average Bonchev–Trinajstić information content (AvgIpc) is 2.80. The van der Waals surface area contributed by atoms with Crippen LogP contribution in [0.3, 0.4) is 0 Å². The summed E-state index contributed by atoms with van der Waals surface area (Å²) in [5.74, 6) is 1.10. The maximum Gasteiger partial charge on any atom is 0.265 e. The summed E-state index contributed by atoms with van der Waals surface area (Å²) in [4.78, 5) is 12.5. The van der Waals surface area contributed by atoms with Crippen molar-refractivity contribution in [3.05, 3.63) is 72.3 Å². The molecular formula is C24H26N2O6S. The quantitative estimate of drug-likeness (QED) is 0.485. The predicted octanol–water partition coefficient (Wildman–Crippen LogP) is 4.22. The first kappa shape index (κ1) is 23.9. The van der Waals surface area contributed by atoms with Crippen LogP contribution in [-0.2, 0) is 14.8 Å². The summed E-state index contributed by atoms with van der Waals surface area (Å²) in [5, 5.41) is 2.73. The number of hydrogen-bond acceptors (Lipinski definition) is 6. The third kappa shape index (κ3) is 5.95. The lowest BCUT2D eigenvalue weighted by Crippen LogP contribution is -2.30. The molecule has 8 nitrogen and oxygen atoms in total. The first-order valence-corrected chi connectivity index (χ1v) is 11.6. The summed E-state index contributed by atoms with van der Waals surface area (Å²) in [7, 11) is -0.969. The molecule has 0 bridgehead atoms. The summed E-state index contributed by atoms with van der Waals surface area (Å²) in [5.41, 5.74) is 1.61. The molecule has 1 amide bonds. The number of carbonyl (C=O) groups is 1. The standard InChI is InChI=1S/C24H26N2O6S/c1-16-7-5-6-8-22(16)32-17(2)24(27)25-18-9-12-20(13-10-18)33(28,29)26-21-15-19(30-3)11-14-23(21)31-4/h5-15,17,26H,1-4H3,(H,25,27). The van der Waals surface area contributed by atoms with Crippen molar-refractivity contribution in [2.75, 3.05) is 24.3 Å². The van der Waals surface area contributed by atoms with E-state index < -0.39 is 16.1 Å². The largest absolute Gasteiger partial charge is 0.497 e. The lowest BCUT2D eigenvalue weighted by Gasteiger charge is -2.16. The Morgan fingerprint density at radius 1 is 0.909 bits per heavy atom. The number of rotatable bonds is 9. The van der Waals surface area contributed by atoms with Crippen molar-refractivity contribution in [1.82, 2.24) is 0 Å². The molecule has 0 saturated heterocycles. The molecule has 0 fully saturated rings. The maximum atomic E-state index is 12.8.